The van der Waals surface area contributed by atoms with E-state index in [4.69, 9.17) is 10.5 Å². The van der Waals surface area contributed by atoms with Crippen molar-refractivity contribution in [2.45, 2.75) is 33.6 Å². The van der Waals surface area contributed by atoms with E-state index in [9.17, 15) is 5.11 Å². The molecule has 6 nitrogen and oxygen atoms in total. The molecule has 108 valence electrons. The van der Waals surface area contributed by atoms with Crippen molar-refractivity contribution in [2.24, 2.45) is 5.41 Å². The SMILES string of the molecule is CCOc1ncnc(NCC(CC)(CC)CO)c1N. The minimum Gasteiger partial charge on any atom is -0.476 e. The van der Waals surface area contributed by atoms with Crippen molar-refractivity contribution in [1.82, 2.24) is 9.97 Å². The topological polar surface area (TPSA) is 93.3 Å². The molecule has 1 heterocycles. The van der Waals surface area contributed by atoms with Crippen molar-refractivity contribution in [3.8, 4) is 5.88 Å². The zero-order valence-electron chi connectivity index (χ0n) is 11.9. The van der Waals surface area contributed by atoms with Crippen LogP contribution in [0.4, 0.5) is 11.5 Å². The van der Waals surface area contributed by atoms with Gasteiger partial charge in [0, 0.05) is 12.0 Å². The first-order chi connectivity index (χ1) is 9.12. The summed E-state index contributed by atoms with van der Waals surface area (Å²) >= 11 is 0. The van der Waals surface area contributed by atoms with E-state index in [1.165, 1.54) is 6.33 Å². The first kappa shape index (κ1) is 15.5. The molecule has 0 bridgehead atoms. The normalized spacial score (nSPS) is 11.4. The van der Waals surface area contributed by atoms with Crippen LogP contribution in [0.5, 0.6) is 5.88 Å². The minimum absolute atomic E-state index is 0.135. The average Bonchev–Trinajstić information content (AvgIpc) is 2.45. The summed E-state index contributed by atoms with van der Waals surface area (Å²) in [4.78, 5) is 8.10. The number of nitrogens with zero attached hydrogens (tertiary/aromatic N) is 2. The lowest BCUT2D eigenvalue weighted by Crippen LogP contribution is -2.32. The lowest BCUT2D eigenvalue weighted by Gasteiger charge is -2.29. The van der Waals surface area contributed by atoms with E-state index in [0.29, 0.717) is 30.5 Å². The third-order valence-corrected chi connectivity index (χ3v) is 3.59. The van der Waals surface area contributed by atoms with Gasteiger partial charge in [0.15, 0.2) is 5.82 Å². The van der Waals surface area contributed by atoms with Gasteiger partial charge < -0.3 is 20.9 Å². The quantitative estimate of drug-likeness (QED) is 0.664. The Hall–Kier alpha value is -1.56. The fraction of sp³-hybridized carbons (Fsp3) is 0.692. The van der Waals surface area contributed by atoms with Crippen LogP contribution in [0, 0.1) is 5.41 Å². The zero-order chi connectivity index (χ0) is 14.3. The van der Waals surface area contributed by atoms with Crippen LogP contribution >= 0.6 is 0 Å². The highest BCUT2D eigenvalue weighted by molar-refractivity contribution is 5.66. The molecule has 0 aliphatic carbocycles. The zero-order valence-corrected chi connectivity index (χ0v) is 11.9. The number of aliphatic hydroxyl groups is 1. The molecule has 19 heavy (non-hydrogen) atoms. The summed E-state index contributed by atoms with van der Waals surface area (Å²) < 4.78 is 5.32. The van der Waals surface area contributed by atoms with Crippen LogP contribution in [0.2, 0.25) is 0 Å². The molecular weight excluding hydrogens is 244 g/mol. The number of nitrogens with two attached hydrogens (primary N) is 1. The number of anilines is 2. The van der Waals surface area contributed by atoms with Gasteiger partial charge in [-0.3, -0.25) is 0 Å². The number of ether oxygens (including phenoxy) is 1. The first-order valence-corrected chi connectivity index (χ1v) is 6.70. The summed E-state index contributed by atoms with van der Waals surface area (Å²) in [6.45, 7) is 7.26. The van der Waals surface area contributed by atoms with Crippen LogP contribution in [0.3, 0.4) is 0 Å². The highest BCUT2D eigenvalue weighted by atomic mass is 16.5. The Morgan fingerprint density at radius 1 is 1.32 bits per heavy atom. The molecule has 0 aromatic carbocycles. The van der Waals surface area contributed by atoms with Gasteiger partial charge in [-0.15, -0.1) is 0 Å². The number of hydrogen-bond donors (Lipinski definition) is 3. The standard InChI is InChI=1S/C13H24N4O2/c1-4-13(5-2,8-18)7-15-11-10(14)12(19-6-3)17-9-16-11/h9,18H,4-8,14H2,1-3H3,(H,15,16,17). The van der Waals surface area contributed by atoms with E-state index < -0.39 is 0 Å². The van der Waals surface area contributed by atoms with Gasteiger partial charge in [0.25, 0.3) is 0 Å². The Kier molecular flexibility index (Phi) is 5.82. The monoisotopic (exact) mass is 268 g/mol. The van der Waals surface area contributed by atoms with E-state index >= 15 is 0 Å². The van der Waals surface area contributed by atoms with Gasteiger partial charge in [0.1, 0.15) is 12.0 Å². The van der Waals surface area contributed by atoms with Crippen molar-refractivity contribution >= 4 is 11.5 Å². The van der Waals surface area contributed by atoms with E-state index in [1.54, 1.807) is 0 Å². The maximum absolute atomic E-state index is 9.53. The fourth-order valence-electron chi connectivity index (χ4n) is 1.82. The number of rotatable bonds is 8. The van der Waals surface area contributed by atoms with Gasteiger partial charge in [0.2, 0.25) is 5.88 Å². The van der Waals surface area contributed by atoms with Crippen molar-refractivity contribution in [3.05, 3.63) is 6.33 Å². The predicted molar refractivity (Wildman–Crippen MR) is 76.2 cm³/mol. The third kappa shape index (κ3) is 3.70. The number of nitrogens with one attached hydrogen (secondary N) is 1. The van der Waals surface area contributed by atoms with Gasteiger partial charge in [-0.25, -0.2) is 4.98 Å². The second-order valence-corrected chi connectivity index (χ2v) is 4.59. The molecule has 1 aromatic heterocycles. The lowest BCUT2D eigenvalue weighted by atomic mass is 9.83. The Balaban J connectivity index is 2.80. The summed E-state index contributed by atoms with van der Waals surface area (Å²) in [5, 5.41) is 12.7. The van der Waals surface area contributed by atoms with Crippen molar-refractivity contribution in [1.29, 1.82) is 0 Å². The van der Waals surface area contributed by atoms with Gasteiger partial charge >= 0.3 is 0 Å². The molecule has 0 radical (unpaired) electrons. The highest BCUT2D eigenvalue weighted by Crippen LogP contribution is 2.29. The third-order valence-electron chi connectivity index (χ3n) is 3.59. The lowest BCUT2D eigenvalue weighted by molar-refractivity contribution is 0.127. The molecule has 0 aliphatic rings. The number of aliphatic hydroxyl groups excluding tert-OH is 1. The summed E-state index contributed by atoms with van der Waals surface area (Å²) in [6.07, 6.45) is 3.19. The summed E-state index contributed by atoms with van der Waals surface area (Å²) in [7, 11) is 0. The van der Waals surface area contributed by atoms with E-state index in [-0.39, 0.29) is 12.0 Å². The number of hydrogen-bond acceptors (Lipinski definition) is 6. The van der Waals surface area contributed by atoms with Crippen LogP contribution in [0.25, 0.3) is 0 Å². The Morgan fingerprint density at radius 3 is 2.53 bits per heavy atom. The number of nitrogen functional groups attached to an aromatic ring is 1. The predicted octanol–water partition coefficient (Wildman–Crippen LogP) is 1.67. The van der Waals surface area contributed by atoms with Gasteiger partial charge in [-0.1, -0.05) is 13.8 Å². The molecule has 0 saturated carbocycles. The maximum Gasteiger partial charge on any atom is 0.242 e. The molecule has 6 heteroatoms. The molecule has 0 fully saturated rings. The van der Waals surface area contributed by atoms with Crippen LogP contribution < -0.4 is 15.8 Å². The molecule has 0 amide bonds. The molecule has 1 aromatic rings. The summed E-state index contributed by atoms with van der Waals surface area (Å²) in [5.74, 6) is 0.945. The Labute approximate surface area is 114 Å². The molecule has 0 atom stereocenters. The maximum atomic E-state index is 9.53. The van der Waals surface area contributed by atoms with Crippen LogP contribution in [-0.2, 0) is 0 Å². The van der Waals surface area contributed by atoms with E-state index in [0.717, 1.165) is 12.8 Å². The molecule has 0 unspecified atom stereocenters. The Morgan fingerprint density at radius 2 is 2.00 bits per heavy atom. The van der Waals surface area contributed by atoms with E-state index in [1.807, 2.05) is 6.92 Å². The van der Waals surface area contributed by atoms with Crippen molar-refractivity contribution < 1.29 is 9.84 Å². The highest BCUT2D eigenvalue weighted by Gasteiger charge is 2.25. The molecule has 0 aliphatic heterocycles. The molecule has 0 spiro atoms. The summed E-state index contributed by atoms with van der Waals surface area (Å²) in [5.41, 5.74) is 6.20. The largest absolute Gasteiger partial charge is 0.476 e. The van der Waals surface area contributed by atoms with Gasteiger partial charge in [-0.05, 0) is 19.8 Å². The fourth-order valence-corrected chi connectivity index (χ4v) is 1.82. The second kappa shape index (κ2) is 7.13. The second-order valence-electron chi connectivity index (χ2n) is 4.59. The van der Waals surface area contributed by atoms with Crippen LogP contribution in [0.1, 0.15) is 33.6 Å². The number of aromatic nitrogens is 2. The molecule has 4 N–H and O–H groups in total. The van der Waals surface area contributed by atoms with Gasteiger partial charge in [-0.2, -0.15) is 4.98 Å². The van der Waals surface area contributed by atoms with Gasteiger partial charge in [0.05, 0.1) is 13.2 Å². The first-order valence-electron chi connectivity index (χ1n) is 6.70. The Bertz CT molecular complexity index is 386. The molecule has 1 rings (SSSR count). The summed E-state index contributed by atoms with van der Waals surface area (Å²) in [6, 6.07) is 0. The molecule has 0 saturated heterocycles. The smallest absolute Gasteiger partial charge is 0.242 e. The van der Waals surface area contributed by atoms with Crippen LogP contribution in [0.15, 0.2) is 6.33 Å². The van der Waals surface area contributed by atoms with Crippen LogP contribution in [-0.4, -0.2) is 34.8 Å². The van der Waals surface area contributed by atoms with Crippen molar-refractivity contribution in [3.63, 3.8) is 0 Å². The molecular formula is C13H24N4O2. The van der Waals surface area contributed by atoms with E-state index in [2.05, 4.69) is 29.1 Å². The van der Waals surface area contributed by atoms with Crippen molar-refractivity contribution in [2.75, 3.05) is 30.8 Å². The minimum atomic E-state index is -0.150. The average molecular weight is 268 g/mol.